The van der Waals surface area contributed by atoms with E-state index in [-0.39, 0.29) is 40.7 Å². The summed E-state index contributed by atoms with van der Waals surface area (Å²) in [4.78, 5) is 25.9. The lowest BCUT2D eigenvalue weighted by molar-refractivity contribution is -0.122. The van der Waals surface area contributed by atoms with Crippen molar-refractivity contribution in [2.45, 2.75) is 65.7 Å². The molecule has 4 nitrogen and oxygen atoms in total. The monoisotopic (exact) mass is 317 g/mol. The van der Waals surface area contributed by atoms with Crippen LogP contribution in [-0.2, 0) is 20.4 Å². The molecule has 1 aliphatic rings. The van der Waals surface area contributed by atoms with E-state index in [1.807, 2.05) is 41.5 Å². The van der Waals surface area contributed by atoms with Gasteiger partial charge in [0.2, 0.25) is 11.8 Å². The average molecular weight is 317 g/mol. The summed E-state index contributed by atoms with van der Waals surface area (Å²) in [6.45, 7) is 13.8. The highest BCUT2D eigenvalue weighted by Crippen LogP contribution is 2.42. The third-order valence-corrected chi connectivity index (χ3v) is 4.34. The average Bonchev–Trinajstić information content (AvgIpc) is 2.61. The van der Waals surface area contributed by atoms with Crippen molar-refractivity contribution in [3.8, 4) is 5.75 Å². The molecule has 0 saturated carbocycles. The van der Waals surface area contributed by atoms with Crippen molar-refractivity contribution in [3.63, 3.8) is 0 Å². The number of benzene rings is 1. The molecule has 1 aromatic rings. The molecule has 0 aliphatic carbocycles. The SMILES string of the molecule is CC1CC(=O)N(c2cc(C(C)(C)C)c(O)c(C(C)(C)C)c2)C1=O. The number of aromatic hydroxyl groups is 1. The number of hydrogen-bond acceptors (Lipinski definition) is 3. The quantitative estimate of drug-likeness (QED) is 0.800. The third kappa shape index (κ3) is 3.12. The minimum Gasteiger partial charge on any atom is -0.507 e. The van der Waals surface area contributed by atoms with Gasteiger partial charge in [0.25, 0.3) is 0 Å². The van der Waals surface area contributed by atoms with Crippen molar-refractivity contribution in [3.05, 3.63) is 23.3 Å². The lowest BCUT2D eigenvalue weighted by atomic mass is 9.79. The van der Waals surface area contributed by atoms with Crippen LogP contribution in [-0.4, -0.2) is 16.9 Å². The Balaban J connectivity index is 2.71. The second-order valence-corrected chi connectivity index (χ2v) is 8.56. The van der Waals surface area contributed by atoms with E-state index >= 15 is 0 Å². The Morgan fingerprint density at radius 2 is 1.43 bits per heavy atom. The molecule has 0 aromatic heterocycles. The summed E-state index contributed by atoms with van der Waals surface area (Å²) < 4.78 is 0. The number of phenolic OH excluding ortho intramolecular Hbond substituents is 1. The van der Waals surface area contributed by atoms with Gasteiger partial charge in [0, 0.05) is 23.5 Å². The lowest BCUT2D eigenvalue weighted by Gasteiger charge is -2.29. The van der Waals surface area contributed by atoms with E-state index in [0.29, 0.717) is 5.69 Å². The van der Waals surface area contributed by atoms with E-state index < -0.39 is 0 Å². The standard InChI is InChI=1S/C19H27NO3/c1-11-8-15(21)20(17(11)23)12-9-13(18(2,3)4)16(22)14(10-12)19(5,6)7/h9-11,22H,8H2,1-7H3. The van der Waals surface area contributed by atoms with Crippen LogP contribution in [0, 0.1) is 5.92 Å². The summed E-state index contributed by atoms with van der Waals surface area (Å²) in [5.41, 5.74) is 1.48. The molecule has 1 fully saturated rings. The number of anilines is 1. The number of carbonyl (C=O) groups is 2. The van der Waals surface area contributed by atoms with Gasteiger partial charge in [-0.2, -0.15) is 0 Å². The summed E-state index contributed by atoms with van der Waals surface area (Å²) in [6.07, 6.45) is 0.245. The molecule has 0 spiro atoms. The number of amides is 2. The maximum absolute atomic E-state index is 12.4. The van der Waals surface area contributed by atoms with Crippen LogP contribution in [0.4, 0.5) is 5.69 Å². The van der Waals surface area contributed by atoms with Gasteiger partial charge in [-0.3, -0.25) is 14.5 Å². The van der Waals surface area contributed by atoms with E-state index in [0.717, 1.165) is 11.1 Å². The predicted molar refractivity (Wildman–Crippen MR) is 91.8 cm³/mol. The first-order valence-electron chi connectivity index (χ1n) is 8.09. The Morgan fingerprint density at radius 1 is 1.00 bits per heavy atom. The molecule has 23 heavy (non-hydrogen) atoms. The smallest absolute Gasteiger partial charge is 0.237 e. The van der Waals surface area contributed by atoms with E-state index in [1.165, 1.54) is 4.90 Å². The van der Waals surface area contributed by atoms with Crippen LogP contribution in [0.25, 0.3) is 0 Å². The van der Waals surface area contributed by atoms with Gasteiger partial charge in [0.1, 0.15) is 5.75 Å². The van der Waals surface area contributed by atoms with Crippen molar-refractivity contribution in [2.75, 3.05) is 4.90 Å². The molecule has 0 bridgehead atoms. The van der Waals surface area contributed by atoms with Crippen molar-refractivity contribution < 1.29 is 14.7 Å². The molecule has 126 valence electrons. The lowest BCUT2D eigenvalue weighted by Crippen LogP contribution is -2.31. The highest BCUT2D eigenvalue weighted by molar-refractivity contribution is 6.20. The van der Waals surface area contributed by atoms with Gasteiger partial charge in [-0.1, -0.05) is 48.5 Å². The van der Waals surface area contributed by atoms with Crippen molar-refractivity contribution in [1.82, 2.24) is 0 Å². The second kappa shape index (κ2) is 5.36. The molecule has 2 amide bonds. The number of nitrogens with zero attached hydrogens (tertiary/aromatic N) is 1. The molecule has 1 heterocycles. The van der Waals surface area contributed by atoms with Crippen molar-refractivity contribution in [2.24, 2.45) is 5.92 Å². The van der Waals surface area contributed by atoms with Crippen LogP contribution < -0.4 is 4.90 Å². The molecule has 0 radical (unpaired) electrons. The summed E-state index contributed by atoms with van der Waals surface area (Å²) in [5.74, 6) is -0.373. The first kappa shape index (κ1) is 17.5. The second-order valence-electron chi connectivity index (χ2n) is 8.56. The van der Waals surface area contributed by atoms with Gasteiger partial charge < -0.3 is 5.11 Å². The molecule has 2 rings (SSSR count). The molecular formula is C19H27NO3. The fourth-order valence-corrected chi connectivity index (χ4v) is 2.95. The maximum atomic E-state index is 12.4. The number of phenols is 1. The molecule has 1 saturated heterocycles. The Bertz CT molecular complexity index is 627. The van der Waals surface area contributed by atoms with Crippen LogP contribution in [0.2, 0.25) is 0 Å². The Hall–Kier alpha value is -1.84. The molecule has 1 atom stereocenters. The highest BCUT2D eigenvalue weighted by atomic mass is 16.3. The van der Waals surface area contributed by atoms with Crippen molar-refractivity contribution in [1.29, 1.82) is 0 Å². The maximum Gasteiger partial charge on any atom is 0.237 e. The topological polar surface area (TPSA) is 57.6 Å². The van der Waals surface area contributed by atoms with Gasteiger partial charge in [-0.15, -0.1) is 0 Å². The fourth-order valence-electron chi connectivity index (χ4n) is 2.95. The number of imide groups is 1. The minimum atomic E-state index is -0.294. The zero-order valence-corrected chi connectivity index (χ0v) is 15.2. The van der Waals surface area contributed by atoms with E-state index in [1.54, 1.807) is 19.1 Å². The summed E-state index contributed by atoms with van der Waals surface area (Å²) in [5, 5.41) is 10.7. The summed E-state index contributed by atoms with van der Waals surface area (Å²) in [7, 11) is 0. The largest absolute Gasteiger partial charge is 0.507 e. The zero-order chi connectivity index (χ0) is 17.7. The van der Waals surface area contributed by atoms with Gasteiger partial charge in [0.05, 0.1) is 5.69 Å². The molecule has 4 heteroatoms. The van der Waals surface area contributed by atoms with Gasteiger partial charge in [-0.25, -0.2) is 0 Å². The van der Waals surface area contributed by atoms with Gasteiger partial charge in [-0.05, 0) is 23.0 Å². The first-order valence-corrected chi connectivity index (χ1v) is 8.09. The molecule has 1 aliphatic heterocycles. The van der Waals surface area contributed by atoms with Gasteiger partial charge >= 0.3 is 0 Å². The summed E-state index contributed by atoms with van der Waals surface area (Å²) >= 11 is 0. The number of hydrogen-bond donors (Lipinski definition) is 1. The van der Waals surface area contributed by atoms with Crippen molar-refractivity contribution >= 4 is 17.5 Å². The zero-order valence-electron chi connectivity index (χ0n) is 15.2. The number of carbonyl (C=O) groups excluding carboxylic acids is 2. The van der Waals surface area contributed by atoms with E-state index in [9.17, 15) is 14.7 Å². The highest BCUT2D eigenvalue weighted by Gasteiger charge is 2.38. The molecule has 1 unspecified atom stereocenters. The van der Waals surface area contributed by atoms with Crippen LogP contribution in [0.5, 0.6) is 5.75 Å². The van der Waals surface area contributed by atoms with E-state index in [2.05, 4.69) is 0 Å². The first-order chi connectivity index (χ1) is 10.3. The Morgan fingerprint density at radius 3 is 1.74 bits per heavy atom. The molecule has 1 aromatic carbocycles. The Kier molecular flexibility index (Phi) is 4.08. The molecular weight excluding hydrogens is 290 g/mol. The number of rotatable bonds is 1. The van der Waals surface area contributed by atoms with Crippen LogP contribution in [0.3, 0.4) is 0 Å². The Labute approximate surface area is 138 Å². The minimum absolute atomic E-state index is 0.166. The third-order valence-electron chi connectivity index (χ3n) is 4.34. The molecule has 1 N–H and O–H groups in total. The van der Waals surface area contributed by atoms with Gasteiger partial charge in [0.15, 0.2) is 0 Å². The van der Waals surface area contributed by atoms with Crippen LogP contribution in [0.15, 0.2) is 12.1 Å². The predicted octanol–water partition coefficient (Wildman–Crippen LogP) is 3.89. The fraction of sp³-hybridized carbons (Fsp3) is 0.579. The van der Waals surface area contributed by atoms with Crippen LogP contribution in [0.1, 0.15) is 66.0 Å². The normalized spacial score (nSPS) is 19.6. The van der Waals surface area contributed by atoms with Crippen LogP contribution >= 0.6 is 0 Å². The summed E-state index contributed by atoms with van der Waals surface area (Å²) in [6, 6.07) is 3.55. The van der Waals surface area contributed by atoms with E-state index in [4.69, 9.17) is 0 Å².